The van der Waals surface area contributed by atoms with Crippen LogP contribution in [-0.4, -0.2) is 32.5 Å². The molecule has 0 saturated heterocycles. The van der Waals surface area contributed by atoms with Crippen molar-refractivity contribution in [2.45, 2.75) is 56.4 Å². The maximum atomic E-state index is 6.12. The molecule has 4 aliphatic carbocycles. The number of fused-ring (bicyclic) bond motifs is 1. The number of nitrogens with two attached hydrogens (primary N) is 1. The van der Waals surface area contributed by atoms with Gasteiger partial charge in [0, 0.05) is 11.5 Å². The van der Waals surface area contributed by atoms with Gasteiger partial charge in [-0.25, -0.2) is 4.98 Å². The number of aromatic amines is 1. The van der Waals surface area contributed by atoms with Gasteiger partial charge in [-0.2, -0.15) is 10.3 Å². The summed E-state index contributed by atoms with van der Waals surface area (Å²) >= 11 is 0. The van der Waals surface area contributed by atoms with Crippen LogP contribution in [0, 0.1) is 17.8 Å². The maximum absolute atomic E-state index is 6.12. The number of H-pyrrole nitrogens is 1. The first kappa shape index (κ1) is 18.3. The summed E-state index contributed by atoms with van der Waals surface area (Å²) in [6, 6.07) is 12.7. The zero-order chi connectivity index (χ0) is 20.1. The monoisotopic (exact) mass is 402 g/mol. The van der Waals surface area contributed by atoms with Gasteiger partial charge in [0.2, 0.25) is 5.65 Å². The van der Waals surface area contributed by atoms with Gasteiger partial charge in [-0.05, 0) is 86.4 Å². The van der Waals surface area contributed by atoms with E-state index < -0.39 is 0 Å². The van der Waals surface area contributed by atoms with Crippen molar-refractivity contribution in [2.24, 2.45) is 17.8 Å². The molecule has 1 atom stereocenters. The zero-order valence-corrected chi connectivity index (χ0v) is 17.3. The Kier molecular flexibility index (Phi) is 4.30. The molecule has 2 heterocycles. The van der Waals surface area contributed by atoms with Gasteiger partial charge in [-0.1, -0.05) is 30.3 Å². The predicted molar refractivity (Wildman–Crippen MR) is 118 cm³/mol. The smallest absolute Gasteiger partial charge is 0.203 e. The number of rotatable bonds is 6. The lowest BCUT2D eigenvalue weighted by Crippen LogP contribution is -2.58. The van der Waals surface area contributed by atoms with E-state index in [4.69, 9.17) is 5.73 Å². The Hall–Kier alpha value is -2.47. The molecule has 30 heavy (non-hydrogen) atoms. The first-order valence-corrected chi connectivity index (χ1v) is 11.4. The largest absolute Gasteiger partial charge is 0.384 e. The van der Waals surface area contributed by atoms with E-state index in [1.807, 2.05) is 6.07 Å². The Bertz CT molecular complexity index is 1010. The molecule has 0 radical (unpaired) electrons. The van der Waals surface area contributed by atoms with Crippen molar-refractivity contribution < 1.29 is 0 Å². The van der Waals surface area contributed by atoms with Crippen LogP contribution in [0.4, 0.5) is 5.82 Å². The predicted octanol–water partition coefficient (Wildman–Crippen LogP) is 4.02. The normalized spacial score (nSPS) is 30.7. The van der Waals surface area contributed by atoms with Crippen molar-refractivity contribution in [3.05, 3.63) is 47.5 Å². The van der Waals surface area contributed by atoms with E-state index in [1.165, 1.54) is 44.1 Å². The van der Waals surface area contributed by atoms with Crippen LogP contribution in [0.5, 0.6) is 0 Å². The molecule has 3 aromatic rings. The number of pyridine rings is 1. The van der Waals surface area contributed by atoms with E-state index in [1.54, 1.807) is 0 Å². The lowest BCUT2D eigenvalue weighted by molar-refractivity contribution is -0.0196. The third-order valence-corrected chi connectivity index (χ3v) is 7.89. The number of nitrogen functional groups attached to an aromatic ring is 1. The number of nitrogens with zero attached hydrogens (tertiary/aromatic N) is 3. The average Bonchev–Trinajstić information content (AvgIpc) is 3.19. The molecule has 0 spiro atoms. The Morgan fingerprint density at radius 3 is 2.43 bits per heavy atom. The molecular weight excluding hydrogens is 372 g/mol. The molecule has 1 aromatic carbocycles. The highest BCUT2D eigenvalue weighted by Crippen LogP contribution is 2.55. The highest BCUT2D eigenvalue weighted by molar-refractivity contribution is 5.77. The lowest BCUT2D eigenvalue weighted by Gasteiger charge is -2.57. The Morgan fingerprint density at radius 1 is 1.03 bits per heavy atom. The highest BCUT2D eigenvalue weighted by atomic mass is 15.3. The number of hydrogen-bond donors (Lipinski definition) is 3. The quantitative estimate of drug-likeness (QED) is 0.579. The summed E-state index contributed by atoms with van der Waals surface area (Å²) in [5, 5.41) is 15.4. The molecule has 156 valence electrons. The minimum atomic E-state index is 0.213. The summed E-state index contributed by atoms with van der Waals surface area (Å²) in [6.07, 6.45) is 9.59. The standard InChI is InChI=1S/C24H30N6/c25-21-11-20(22-23(27-21)29-30-28-22)19(18-4-2-1-3-5-18)6-7-26-24-12-15-8-16(13-24)10-17(9-15)14-24/h1-5,11,15-17,19,26H,6-10,12-14H2,(H3,25,27,28,29,30). The van der Waals surface area contributed by atoms with Crippen molar-refractivity contribution in [1.82, 2.24) is 25.7 Å². The molecule has 2 aromatic heterocycles. The highest BCUT2D eigenvalue weighted by Gasteiger charge is 2.50. The summed E-state index contributed by atoms with van der Waals surface area (Å²) < 4.78 is 0. The Morgan fingerprint density at radius 2 is 1.73 bits per heavy atom. The van der Waals surface area contributed by atoms with Gasteiger partial charge in [-0.3, -0.25) is 0 Å². The number of benzene rings is 1. The molecule has 4 bridgehead atoms. The van der Waals surface area contributed by atoms with Crippen molar-refractivity contribution in [1.29, 1.82) is 0 Å². The lowest BCUT2D eigenvalue weighted by atomic mass is 9.53. The van der Waals surface area contributed by atoms with Gasteiger partial charge < -0.3 is 11.1 Å². The van der Waals surface area contributed by atoms with Crippen LogP contribution in [0.15, 0.2) is 36.4 Å². The second-order valence-electron chi connectivity index (χ2n) is 10.0. The average molecular weight is 403 g/mol. The molecule has 6 heteroatoms. The summed E-state index contributed by atoms with van der Waals surface area (Å²) in [5.74, 6) is 3.60. The summed E-state index contributed by atoms with van der Waals surface area (Å²) in [7, 11) is 0. The number of hydrogen-bond acceptors (Lipinski definition) is 5. The van der Waals surface area contributed by atoms with Crippen LogP contribution in [-0.2, 0) is 0 Å². The van der Waals surface area contributed by atoms with Crippen LogP contribution in [0.3, 0.4) is 0 Å². The van der Waals surface area contributed by atoms with Crippen LogP contribution < -0.4 is 11.1 Å². The minimum Gasteiger partial charge on any atom is -0.384 e. The fraction of sp³-hybridized carbons (Fsp3) is 0.542. The van der Waals surface area contributed by atoms with E-state index in [-0.39, 0.29) is 5.92 Å². The fourth-order valence-electron chi connectivity index (χ4n) is 7.14. The molecular formula is C24H30N6. The van der Waals surface area contributed by atoms with Gasteiger partial charge in [0.1, 0.15) is 11.3 Å². The van der Waals surface area contributed by atoms with Gasteiger partial charge in [0.05, 0.1) is 0 Å². The zero-order valence-electron chi connectivity index (χ0n) is 17.3. The van der Waals surface area contributed by atoms with E-state index >= 15 is 0 Å². The molecule has 4 N–H and O–H groups in total. The number of aromatic nitrogens is 4. The fourth-order valence-corrected chi connectivity index (χ4v) is 7.14. The van der Waals surface area contributed by atoms with E-state index in [2.05, 4.69) is 56.0 Å². The third-order valence-electron chi connectivity index (χ3n) is 7.89. The Balaban J connectivity index is 1.27. The molecule has 4 fully saturated rings. The van der Waals surface area contributed by atoms with Crippen LogP contribution in [0.25, 0.3) is 11.2 Å². The first-order valence-electron chi connectivity index (χ1n) is 11.4. The number of anilines is 1. The van der Waals surface area contributed by atoms with Gasteiger partial charge >= 0.3 is 0 Å². The summed E-state index contributed by atoms with van der Waals surface area (Å²) in [6.45, 7) is 1.01. The molecule has 6 nitrogen and oxygen atoms in total. The second kappa shape index (κ2) is 7.05. The molecule has 0 aliphatic heterocycles. The van der Waals surface area contributed by atoms with Gasteiger partial charge in [0.15, 0.2) is 0 Å². The van der Waals surface area contributed by atoms with Crippen LogP contribution in [0.2, 0.25) is 0 Å². The minimum absolute atomic E-state index is 0.213. The van der Waals surface area contributed by atoms with Crippen molar-refractivity contribution in [3.8, 4) is 0 Å². The summed E-state index contributed by atoms with van der Waals surface area (Å²) in [5.41, 5.74) is 10.3. The first-order chi connectivity index (χ1) is 14.7. The van der Waals surface area contributed by atoms with Crippen molar-refractivity contribution in [2.75, 3.05) is 12.3 Å². The van der Waals surface area contributed by atoms with Gasteiger partial charge in [-0.15, -0.1) is 5.10 Å². The molecule has 0 amide bonds. The third kappa shape index (κ3) is 3.18. The number of nitrogens with one attached hydrogen (secondary N) is 2. The SMILES string of the molecule is Nc1cc(C(CCNC23CC4CC(CC(C4)C2)C3)c2ccccc2)c2n[nH]nc2n1. The van der Waals surface area contributed by atoms with Gasteiger partial charge in [0.25, 0.3) is 0 Å². The molecule has 4 saturated carbocycles. The molecule has 7 rings (SSSR count). The van der Waals surface area contributed by atoms with E-state index in [0.717, 1.165) is 41.8 Å². The maximum Gasteiger partial charge on any atom is 0.203 e. The van der Waals surface area contributed by atoms with Crippen LogP contribution >= 0.6 is 0 Å². The van der Waals surface area contributed by atoms with Crippen molar-refractivity contribution >= 4 is 17.0 Å². The van der Waals surface area contributed by atoms with Crippen LogP contribution in [0.1, 0.15) is 62.0 Å². The van der Waals surface area contributed by atoms with Crippen molar-refractivity contribution in [3.63, 3.8) is 0 Å². The summed E-state index contributed by atoms with van der Waals surface area (Å²) in [4.78, 5) is 4.34. The molecule has 4 aliphatic rings. The van der Waals surface area contributed by atoms with E-state index in [0.29, 0.717) is 17.0 Å². The second-order valence-corrected chi connectivity index (χ2v) is 10.0. The van der Waals surface area contributed by atoms with E-state index in [9.17, 15) is 0 Å². The Labute approximate surface area is 177 Å². The molecule has 1 unspecified atom stereocenters. The topological polar surface area (TPSA) is 92.5 Å².